The van der Waals surface area contributed by atoms with Crippen LogP contribution in [0.5, 0.6) is 5.75 Å². The van der Waals surface area contributed by atoms with Gasteiger partial charge in [0.05, 0.1) is 17.7 Å². The summed E-state index contributed by atoms with van der Waals surface area (Å²) in [6.07, 6.45) is 7.50. The molecule has 0 unspecified atom stereocenters. The second-order valence-electron chi connectivity index (χ2n) is 7.84. The van der Waals surface area contributed by atoms with Crippen LogP contribution < -0.4 is 4.90 Å². The van der Waals surface area contributed by atoms with E-state index in [9.17, 15) is 14.7 Å². The summed E-state index contributed by atoms with van der Waals surface area (Å²) in [7, 11) is 0. The topological polar surface area (TPSA) is 66.8 Å². The fourth-order valence-corrected chi connectivity index (χ4v) is 3.45. The molecule has 0 atom stereocenters. The van der Waals surface area contributed by atoms with Crippen LogP contribution in [-0.4, -0.2) is 36.6 Å². The Morgan fingerprint density at radius 1 is 0.969 bits per heavy atom. The highest BCUT2D eigenvalue weighted by molar-refractivity contribution is 6.15. The highest BCUT2D eigenvalue weighted by Crippen LogP contribution is 2.28. The van der Waals surface area contributed by atoms with Crippen LogP contribution in [0.2, 0.25) is 0 Å². The molecule has 0 saturated heterocycles. The second kappa shape index (κ2) is 13.4. The van der Waals surface area contributed by atoms with E-state index in [1.165, 1.54) is 0 Å². The quantitative estimate of drug-likeness (QED) is 0.166. The van der Waals surface area contributed by atoms with E-state index >= 15 is 0 Å². The first-order valence-corrected chi connectivity index (χ1v) is 11.5. The van der Waals surface area contributed by atoms with Crippen LogP contribution in [0.25, 0.3) is 0 Å². The number of hydrogen-bond donors (Lipinski definition) is 1. The third kappa shape index (κ3) is 6.98. The van der Waals surface area contributed by atoms with E-state index in [0.29, 0.717) is 6.42 Å². The summed E-state index contributed by atoms with van der Waals surface area (Å²) < 4.78 is 5.30. The Morgan fingerprint density at radius 2 is 1.62 bits per heavy atom. The Morgan fingerprint density at radius 3 is 2.22 bits per heavy atom. The summed E-state index contributed by atoms with van der Waals surface area (Å²) in [6, 6.07) is 11.7. The number of carbonyl (C=O) groups is 2. The average Bonchev–Trinajstić information content (AvgIpc) is 2.81. The molecule has 0 aliphatic heterocycles. The van der Waals surface area contributed by atoms with E-state index in [0.717, 1.165) is 50.9 Å². The van der Waals surface area contributed by atoms with Crippen molar-refractivity contribution in [3.8, 4) is 5.75 Å². The van der Waals surface area contributed by atoms with Gasteiger partial charge in [-0.1, -0.05) is 51.0 Å². The molecule has 0 aliphatic carbocycles. The molecule has 0 spiro atoms. The molecule has 0 aromatic heterocycles. The summed E-state index contributed by atoms with van der Waals surface area (Å²) in [5.41, 5.74) is 1.49. The lowest BCUT2D eigenvalue weighted by atomic mass is 9.97. The molecule has 1 N–H and O–H groups in total. The number of ketones is 1. The van der Waals surface area contributed by atoms with Gasteiger partial charge in [-0.2, -0.15) is 0 Å². The summed E-state index contributed by atoms with van der Waals surface area (Å²) in [6.45, 7) is 10.0. The molecule has 2 aromatic rings. The van der Waals surface area contributed by atoms with Crippen LogP contribution in [0, 0.1) is 0 Å². The second-order valence-corrected chi connectivity index (χ2v) is 7.84. The van der Waals surface area contributed by atoms with Crippen molar-refractivity contribution in [3.63, 3.8) is 0 Å². The molecule has 172 valence electrons. The number of hydrogen-bond acceptors (Lipinski definition) is 5. The first-order chi connectivity index (χ1) is 15.5. The number of allylic oxidation sites excluding steroid dienone is 1. The minimum Gasteiger partial charge on any atom is -0.507 e. The van der Waals surface area contributed by atoms with Gasteiger partial charge in [0.2, 0.25) is 0 Å². The highest BCUT2D eigenvalue weighted by Gasteiger charge is 2.22. The molecule has 5 heteroatoms. The number of phenolic OH excluding ortho intramolecular Hbond substituents is 1. The maximum Gasteiger partial charge on any atom is 0.338 e. The van der Waals surface area contributed by atoms with Gasteiger partial charge in [0.15, 0.2) is 5.78 Å². The van der Waals surface area contributed by atoms with E-state index in [1.54, 1.807) is 42.5 Å². The first-order valence-electron chi connectivity index (χ1n) is 11.5. The van der Waals surface area contributed by atoms with Crippen molar-refractivity contribution in [1.82, 2.24) is 0 Å². The van der Waals surface area contributed by atoms with Gasteiger partial charge < -0.3 is 14.7 Å². The summed E-state index contributed by atoms with van der Waals surface area (Å²) in [4.78, 5) is 28.0. The zero-order chi connectivity index (χ0) is 23.3. The number of esters is 1. The molecule has 0 bridgehead atoms. The lowest BCUT2D eigenvalue weighted by Crippen LogP contribution is -2.25. The van der Waals surface area contributed by atoms with E-state index in [2.05, 4.69) is 25.3 Å². The molecular weight excluding hydrogens is 402 g/mol. The van der Waals surface area contributed by atoms with Gasteiger partial charge >= 0.3 is 5.97 Å². The Kier molecular flexibility index (Phi) is 10.5. The maximum absolute atomic E-state index is 13.2. The number of phenols is 1. The minimum atomic E-state index is -0.542. The van der Waals surface area contributed by atoms with Crippen LogP contribution in [-0.2, 0) is 4.74 Å². The van der Waals surface area contributed by atoms with Crippen LogP contribution in [0.3, 0.4) is 0 Å². The molecule has 0 radical (unpaired) electrons. The molecule has 5 nitrogen and oxygen atoms in total. The van der Waals surface area contributed by atoms with Crippen molar-refractivity contribution < 1.29 is 19.4 Å². The normalized spacial score (nSPS) is 10.6. The first kappa shape index (κ1) is 25.2. The van der Waals surface area contributed by atoms with Crippen molar-refractivity contribution in [2.75, 3.05) is 24.6 Å². The maximum atomic E-state index is 13.2. The molecule has 0 aliphatic rings. The lowest BCUT2D eigenvalue weighted by Gasteiger charge is -2.25. The van der Waals surface area contributed by atoms with Gasteiger partial charge in [0.1, 0.15) is 5.75 Å². The number of nitrogens with zero attached hydrogens (tertiary/aromatic N) is 1. The van der Waals surface area contributed by atoms with Gasteiger partial charge in [-0.15, -0.1) is 6.58 Å². The van der Waals surface area contributed by atoms with Crippen molar-refractivity contribution in [1.29, 1.82) is 0 Å². The molecule has 2 aromatic carbocycles. The van der Waals surface area contributed by atoms with Crippen LogP contribution >= 0.6 is 0 Å². The highest BCUT2D eigenvalue weighted by atomic mass is 16.5. The van der Waals surface area contributed by atoms with E-state index in [-0.39, 0.29) is 29.0 Å². The molecule has 0 fully saturated rings. The Labute approximate surface area is 191 Å². The number of carbonyl (C=O) groups excluding carboxylic acids is 2. The Hall–Kier alpha value is -3.08. The third-order valence-corrected chi connectivity index (χ3v) is 5.33. The Bertz CT molecular complexity index is 898. The van der Waals surface area contributed by atoms with Gasteiger partial charge in [-0.3, -0.25) is 4.79 Å². The molecule has 0 saturated carbocycles. The predicted molar refractivity (Wildman–Crippen MR) is 130 cm³/mol. The van der Waals surface area contributed by atoms with Crippen molar-refractivity contribution in [2.24, 2.45) is 0 Å². The zero-order valence-corrected chi connectivity index (χ0v) is 19.3. The molecule has 0 amide bonds. The number of aromatic hydroxyl groups is 1. The van der Waals surface area contributed by atoms with E-state index in [1.807, 2.05) is 6.07 Å². The average molecular weight is 438 g/mol. The number of ether oxygens (including phenoxy) is 1. The van der Waals surface area contributed by atoms with Crippen LogP contribution in [0.1, 0.15) is 78.7 Å². The van der Waals surface area contributed by atoms with Crippen molar-refractivity contribution in [2.45, 2.75) is 52.4 Å². The van der Waals surface area contributed by atoms with Crippen LogP contribution in [0.4, 0.5) is 5.69 Å². The molecule has 32 heavy (non-hydrogen) atoms. The fraction of sp³-hybridized carbons (Fsp3) is 0.407. The standard InChI is InChI=1S/C27H35NO4/c1-4-7-12-19-32-27(31)23-14-11-10-13-22(23)26(30)24-16-15-21(20-25(24)29)28(17-8-5-2)18-9-6-3/h4,10-11,13-16,20,29H,1,5-9,12,17-19H2,2-3H3. The minimum absolute atomic E-state index is 0.0837. The molecule has 0 heterocycles. The summed E-state index contributed by atoms with van der Waals surface area (Å²) in [5, 5.41) is 10.7. The molecular formula is C27H35NO4. The van der Waals surface area contributed by atoms with Crippen LogP contribution in [0.15, 0.2) is 55.1 Å². The van der Waals surface area contributed by atoms with Gasteiger partial charge in [0, 0.05) is 30.4 Å². The number of benzene rings is 2. The van der Waals surface area contributed by atoms with Gasteiger partial charge in [-0.25, -0.2) is 4.79 Å². The number of rotatable bonds is 14. The fourth-order valence-electron chi connectivity index (χ4n) is 3.45. The third-order valence-electron chi connectivity index (χ3n) is 5.33. The summed E-state index contributed by atoms with van der Waals surface area (Å²) in [5.74, 6) is -1.03. The smallest absolute Gasteiger partial charge is 0.338 e. The number of anilines is 1. The van der Waals surface area contributed by atoms with E-state index in [4.69, 9.17) is 4.74 Å². The predicted octanol–water partition coefficient (Wildman–Crippen LogP) is 6.15. The largest absolute Gasteiger partial charge is 0.507 e. The van der Waals surface area contributed by atoms with Crippen molar-refractivity contribution >= 4 is 17.4 Å². The monoisotopic (exact) mass is 437 g/mol. The van der Waals surface area contributed by atoms with Gasteiger partial charge in [-0.05, 0) is 43.9 Å². The zero-order valence-electron chi connectivity index (χ0n) is 19.3. The lowest BCUT2D eigenvalue weighted by molar-refractivity contribution is 0.0498. The summed E-state index contributed by atoms with van der Waals surface area (Å²) >= 11 is 0. The van der Waals surface area contributed by atoms with Crippen molar-refractivity contribution in [3.05, 3.63) is 71.8 Å². The molecule has 2 rings (SSSR count). The Balaban J connectivity index is 2.24. The van der Waals surface area contributed by atoms with E-state index < -0.39 is 11.8 Å². The SMILES string of the molecule is C=CCCCOC(=O)c1ccccc1C(=O)c1ccc(N(CCCC)CCCC)cc1O. The number of unbranched alkanes of at least 4 members (excludes halogenated alkanes) is 3. The van der Waals surface area contributed by atoms with Gasteiger partial charge in [0.25, 0.3) is 0 Å².